The van der Waals surface area contributed by atoms with Crippen LogP contribution in [-0.4, -0.2) is 37.6 Å². The van der Waals surface area contributed by atoms with Crippen molar-refractivity contribution >= 4 is 22.5 Å². The lowest BCUT2D eigenvalue weighted by Crippen LogP contribution is -2.32. The second-order valence-electron chi connectivity index (χ2n) is 8.07. The van der Waals surface area contributed by atoms with Gasteiger partial charge in [0, 0.05) is 30.7 Å². The minimum absolute atomic E-state index is 0.0639. The maximum atomic E-state index is 12.7. The third-order valence-electron chi connectivity index (χ3n) is 6.12. The Morgan fingerprint density at radius 1 is 1.17 bits per heavy atom. The van der Waals surface area contributed by atoms with Crippen molar-refractivity contribution in [3.05, 3.63) is 65.4 Å². The van der Waals surface area contributed by atoms with Gasteiger partial charge in [-0.2, -0.15) is 0 Å². The Morgan fingerprint density at radius 2 is 1.93 bits per heavy atom. The molecule has 1 atom stereocenters. The molecular weight excluding hydrogens is 374 g/mol. The van der Waals surface area contributed by atoms with Crippen molar-refractivity contribution in [1.82, 2.24) is 10.3 Å². The topological polar surface area (TPSA) is 54.5 Å². The monoisotopic (exact) mass is 403 g/mol. The van der Waals surface area contributed by atoms with Crippen LogP contribution in [0.4, 0.5) is 5.69 Å². The standard InChI is InChI=1S/C25H29N3O2/c1-17-20-8-4-5-9-22(20)27-18(2)21(17)14-25(29)26-15-19-12-13-28(16-19)23-10-6-7-11-24(23)30-3/h4-11,19H,12-16H2,1-3H3,(H,26,29). The first kappa shape index (κ1) is 20.2. The van der Waals surface area contributed by atoms with E-state index in [0.29, 0.717) is 18.9 Å². The average molecular weight is 404 g/mol. The van der Waals surface area contributed by atoms with Crippen LogP contribution in [-0.2, 0) is 11.2 Å². The third kappa shape index (κ3) is 4.11. The first-order chi connectivity index (χ1) is 14.6. The van der Waals surface area contributed by atoms with Crippen molar-refractivity contribution in [3.63, 3.8) is 0 Å². The lowest BCUT2D eigenvalue weighted by atomic mass is 9.99. The number of hydrogen-bond donors (Lipinski definition) is 1. The molecule has 156 valence electrons. The molecule has 1 saturated heterocycles. The second-order valence-corrected chi connectivity index (χ2v) is 8.07. The number of pyridine rings is 1. The Labute approximate surface area is 178 Å². The maximum absolute atomic E-state index is 12.7. The van der Waals surface area contributed by atoms with Gasteiger partial charge in [0.05, 0.1) is 24.7 Å². The zero-order valence-electron chi connectivity index (χ0n) is 17.9. The Kier molecular flexibility index (Phi) is 5.88. The van der Waals surface area contributed by atoms with Crippen LogP contribution >= 0.6 is 0 Å². The summed E-state index contributed by atoms with van der Waals surface area (Å²) < 4.78 is 5.49. The molecule has 1 fully saturated rings. The van der Waals surface area contributed by atoms with Crippen LogP contribution in [0.15, 0.2) is 48.5 Å². The van der Waals surface area contributed by atoms with Gasteiger partial charge >= 0.3 is 0 Å². The summed E-state index contributed by atoms with van der Waals surface area (Å²) >= 11 is 0. The third-order valence-corrected chi connectivity index (χ3v) is 6.12. The Bertz CT molecular complexity index is 1060. The van der Waals surface area contributed by atoms with Crippen LogP contribution in [0.1, 0.15) is 23.2 Å². The van der Waals surface area contributed by atoms with Crippen LogP contribution < -0.4 is 15.0 Å². The van der Waals surface area contributed by atoms with Crippen molar-refractivity contribution in [1.29, 1.82) is 0 Å². The second kappa shape index (κ2) is 8.74. The van der Waals surface area contributed by atoms with Crippen molar-refractivity contribution in [2.24, 2.45) is 5.92 Å². The summed E-state index contributed by atoms with van der Waals surface area (Å²) in [6, 6.07) is 16.2. The Morgan fingerprint density at radius 3 is 2.77 bits per heavy atom. The number of amides is 1. The number of carbonyl (C=O) groups excluding carboxylic acids is 1. The van der Waals surface area contributed by atoms with Crippen LogP contribution in [0, 0.1) is 19.8 Å². The molecule has 5 heteroatoms. The first-order valence-corrected chi connectivity index (χ1v) is 10.6. The summed E-state index contributed by atoms with van der Waals surface area (Å²) in [4.78, 5) is 19.7. The maximum Gasteiger partial charge on any atom is 0.224 e. The van der Waals surface area contributed by atoms with E-state index in [1.54, 1.807) is 7.11 Å². The van der Waals surface area contributed by atoms with Crippen molar-refractivity contribution < 1.29 is 9.53 Å². The number of nitrogens with zero attached hydrogens (tertiary/aromatic N) is 2. The highest BCUT2D eigenvalue weighted by Gasteiger charge is 2.25. The van der Waals surface area contributed by atoms with Gasteiger partial charge in [-0.25, -0.2) is 0 Å². The fourth-order valence-corrected chi connectivity index (χ4v) is 4.42. The highest BCUT2D eigenvalue weighted by molar-refractivity contribution is 5.86. The molecule has 5 nitrogen and oxygen atoms in total. The molecule has 0 aliphatic carbocycles. The highest BCUT2D eigenvalue weighted by Crippen LogP contribution is 2.31. The lowest BCUT2D eigenvalue weighted by molar-refractivity contribution is -0.120. The molecule has 0 saturated carbocycles. The number of para-hydroxylation sites is 3. The molecule has 0 radical (unpaired) electrons. The van der Waals surface area contributed by atoms with Crippen LogP contribution in [0.2, 0.25) is 0 Å². The molecule has 0 spiro atoms. The lowest BCUT2D eigenvalue weighted by Gasteiger charge is -2.21. The average Bonchev–Trinajstić information content (AvgIpc) is 3.24. The summed E-state index contributed by atoms with van der Waals surface area (Å²) in [5.41, 5.74) is 5.23. The normalized spacial score (nSPS) is 16.1. The molecule has 2 heterocycles. The molecular formula is C25H29N3O2. The largest absolute Gasteiger partial charge is 0.495 e. The van der Waals surface area contributed by atoms with E-state index in [1.807, 2.05) is 43.3 Å². The predicted octanol–water partition coefficient (Wildman–Crippen LogP) is 4.05. The van der Waals surface area contributed by atoms with E-state index in [9.17, 15) is 4.79 Å². The summed E-state index contributed by atoms with van der Waals surface area (Å²) in [6.45, 7) is 6.68. The molecule has 1 unspecified atom stereocenters. The number of methoxy groups -OCH3 is 1. The number of nitrogens with one attached hydrogen (secondary N) is 1. The molecule has 30 heavy (non-hydrogen) atoms. The minimum atomic E-state index is 0.0639. The number of carbonyl (C=O) groups is 1. The van der Waals surface area contributed by atoms with Gasteiger partial charge in [-0.15, -0.1) is 0 Å². The number of rotatable bonds is 6. The molecule has 1 N–H and O–H groups in total. The molecule has 4 rings (SSSR count). The predicted molar refractivity (Wildman–Crippen MR) is 121 cm³/mol. The molecule has 1 aromatic heterocycles. The molecule has 3 aromatic rings. The van der Waals surface area contributed by atoms with E-state index in [0.717, 1.165) is 58.7 Å². The Hall–Kier alpha value is -3.08. The fraction of sp³-hybridized carbons (Fsp3) is 0.360. The molecule has 2 aromatic carbocycles. The molecule has 1 amide bonds. The van der Waals surface area contributed by atoms with E-state index in [1.165, 1.54) is 0 Å². The summed E-state index contributed by atoms with van der Waals surface area (Å²) in [6.07, 6.45) is 1.44. The van der Waals surface area contributed by atoms with E-state index in [4.69, 9.17) is 4.74 Å². The number of aromatic nitrogens is 1. The van der Waals surface area contributed by atoms with E-state index >= 15 is 0 Å². The van der Waals surface area contributed by atoms with Gasteiger partial charge in [-0.3, -0.25) is 9.78 Å². The number of ether oxygens (including phenoxy) is 1. The first-order valence-electron chi connectivity index (χ1n) is 10.6. The number of hydrogen-bond acceptors (Lipinski definition) is 4. The molecule has 1 aliphatic heterocycles. The number of aryl methyl sites for hydroxylation is 2. The molecule has 0 bridgehead atoms. The zero-order chi connectivity index (χ0) is 21.1. The van der Waals surface area contributed by atoms with E-state index in [2.05, 4.69) is 34.3 Å². The van der Waals surface area contributed by atoms with Crippen LogP contribution in [0.25, 0.3) is 10.9 Å². The van der Waals surface area contributed by atoms with Gasteiger partial charge in [-0.1, -0.05) is 30.3 Å². The zero-order valence-corrected chi connectivity index (χ0v) is 17.9. The van der Waals surface area contributed by atoms with Crippen molar-refractivity contribution in [2.45, 2.75) is 26.7 Å². The van der Waals surface area contributed by atoms with Gasteiger partial charge < -0.3 is 15.0 Å². The summed E-state index contributed by atoms with van der Waals surface area (Å²) in [5.74, 6) is 1.40. The van der Waals surface area contributed by atoms with Gasteiger partial charge in [0.2, 0.25) is 5.91 Å². The highest BCUT2D eigenvalue weighted by atomic mass is 16.5. The number of anilines is 1. The van der Waals surface area contributed by atoms with Gasteiger partial charge in [0.25, 0.3) is 0 Å². The fourth-order valence-electron chi connectivity index (χ4n) is 4.42. The Balaban J connectivity index is 1.36. The van der Waals surface area contributed by atoms with Gasteiger partial charge in [-0.05, 0) is 55.5 Å². The SMILES string of the molecule is COc1ccccc1N1CCC(CNC(=O)Cc2c(C)nc3ccccc3c2C)C1. The number of benzene rings is 2. The van der Waals surface area contributed by atoms with Crippen LogP contribution in [0.3, 0.4) is 0 Å². The van der Waals surface area contributed by atoms with E-state index < -0.39 is 0 Å². The quantitative estimate of drug-likeness (QED) is 0.675. The summed E-state index contributed by atoms with van der Waals surface area (Å²) in [5, 5.41) is 4.27. The van der Waals surface area contributed by atoms with Crippen molar-refractivity contribution in [3.8, 4) is 5.75 Å². The molecule has 1 aliphatic rings. The van der Waals surface area contributed by atoms with Crippen molar-refractivity contribution in [2.75, 3.05) is 31.6 Å². The summed E-state index contributed by atoms with van der Waals surface area (Å²) in [7, 11) is 1.71. The minimum Gasteiger partial charge on any atom is -0.495 e. The van der Waals surface area contributed by atoms with Gasteiger partial charge in [0.1, 0.15) is 5.75 Å². The van der Waals surface area contributed by atoms with Gasteiger partial charge in [0.15, 0.2) is 0 Å². The number of fused-ring (bicyclic) bond motifs is 1. The smallest absolute Gasteiger partial charge is 0.224 e. The van der Waals surface area contributed by atoms with E-state index in [-0.39, 0.29) is 5.91 Å². The van der Waals surface area contributed by atoms with Crippen LogP contribution in [0.5, 0.6) is 5.75 Å².